The summed E-state index contributed by atoms with van der Waals surface area (Å²) in [5, 5.41) is 9.98. The maximum atomic E-state index is 12.6. The van der Waals surface area contributed by atoms with Crippen molar-refractivity contribution in [3.05, 3.63) is 29.3 Å². The van der Waals surface area contributed by atoms with Crippen molar-refractivity contribution >= 4 is 17.7 Å². The number of carbonyl (C=O) groups is 1. The highest BCUT2D eigenvalue weighted by molar-refractivity contribution is 6.07. The van der Waals surface area contributed by atoms with Crippen molar-refractivity contribution < 1.29 is 22.7 Å². The van der Waals surface area contributed by atoms with Crippen LogP contribution in [-0.2, 0) is 4.74 Å². The zero-order valence-electron chi connectivity index (χ0n) is 10.9. The molecule has 0 aliphatic rings. The van der Waals surface area contributed by atoms with Gasteiger partial charge in [-0.05, 0) is 12.5 Å². The third-order valence-electron chi connectivity index (χ3n) is 2.57. The molecule has 0 fully saturated rings. The van der Waals surface area contributed by atoms with Crippen LogP contribution in [-0.4, -0.2) is 38.4 Å². The largest absolute Gasteiger partial charge is 0.433 e. The molecule has 1 rings (SSSR count). The van der Waals surface area contributed by atoms with Crippen LogP contribution in [0.2, 0.25) is 0 Å². The number of hydrogen-bond donors (Lipinski definition) is 2. The third kappa shape index (κ3) is 4.34. The number of carbonyl (C=O) groups excluding carboxylic acids is 1. The molecule has 20 heavy (non-hydrogen) atoms. The fourth-order valence-corrected chi connectivity index (χ4v) is 1.59. The van der Waals surface area contributed by atoms with E-state index in [0.29, 0.717) is 25.9 Å². The van der Waals surface area contributed by atoms with Gasteiger partial charge in [0.25, 0.3) is 0 Å². The van der Waals surface area contributed by atoms with Crippen LogP contribution in [0.25, 0.3) is 0 Å². The summed E-state index contributed by atoms with van der Waals surface area (Å²) in [4.78, 5) is 10.7. The molecule has 0 unspecified atom stereocenters. The van der Waals surface area contributed by atoms with Gasteiger partial charge in [0.05, 0.1) is 0 Å². The van der Waals surface area contributed by atoms with Crippen LogP contribution in [0.4, 0.5) is 18.9 Å². The van der Waals surface area contributed by atoms with E-state index in [1.807, 2.05) is 0 Å². The average molecular weight is 288 g/mol. The van der Waals surface area contributed by atoms with Gasteiger partial charge in [0.1, 0.15) is 12.0 Å². The molecule has 0 aromatic heterocycles. The number of benzene rings is 1. The second-order valence-electron chi connectivity index (χ2n) is 4.07. The lowest BCUT2D eigenvalue weighted by atomic mass is 10.0. The lowest BCUT2D eigenvalue weighted by Gasteiger charge is -2.15. The molecule has 0 amide bonds. The Bertz CT molecular complexity index is 487. The molecular weight excluding hydrogens is 273 g/mol. The zero-order chi connectivity index (χ0) is 15.2. The monoisotopic (exact) mass is 288 g/mol. The number of ether oxygens (including phenoxy) is 1. The summed E-state index contributed by atoms with van der Waals surface area (Å²) in [5.41, 5.74) is -1.35. The number of alkyl halides is 3. The SMILES string of the molecule is COCCCNc1cc(C=O)ccc1C(=N)C(F)(F)F. The Morgan fingerprint density at radius 3 is 2.70 bits per heavy atom. The van der Waals surface area contributed by atoms with Crippen LogP contribution >= 0.6 is 0 Å². The molecular formula is C13H15F3N2O2. The highest BCUT2D eigenvalue weighted by atomic mass is 19.4. The van der Waals surface area contributed by atoms with Gasteiger partial charge in [0.2, 0.25) is 0 Å². The van der Waals surface area contributed by atoms with Gasteiger partial charge in [0, 0.05) is 37.1 Å². The van der Waals surface area contributed by atoms with E-state index in [1.165, 1.54) is 19.2 Å². The molecule has 0 bridgehead atoms. The van der Waals surface area contributed by atoms with E-state index < -0.39 is 11.9 Å². The van der Waals surface area contributed by atoms with Gasteiger partial charge >= 0.3 is 6.18 Å². The number of aldehydes is 1. The summed E-state index contributed by atoms with van der Waals surface area (Å²) in [6.07, 6.45) is -3.59. The summed E-state index contributed by atoms with van der Waals surface area (Å²) in [5.74, 6) is 0. The van der Waals surface area contributed by atoms with Crippen LogP contribution < -0.4 is 5.32 Å². The molecule has 0 aliphatic carbocycles. The number of nitrogens with one attached hydrogen (secondary N) is 2. The van der Waals surface area contributed by atoms with Crippen LogP contribution in [0.3, 0.4) is 0 Å². The molecule has 1 aromatic rings. The van der Waals surface area contributed by atoms with Crippen LogP contribution in [0.1, 0.15) is 22.3 Å². The molecule has 7 heteroatoms. The average Bonchev–Trinajstić information content (AvgIpc) is 2.41. The summed E-state index contributed by atoms with van der Waals surface area (Å²) < 4.78 is 42.6. The van der Waals surface area contributed by atoms with Gasteiger partial charge in [-0.25, -0.2) is 0 Å². The van der Waals surface area contributed by atoms with E-state index in [2.05, 4.69) is 5.32 Å². The van der Waals surface area contributed by atoms with Crippen molar-refractivity contribution in [2.24, 2.45) is 0 Å². The minimum Gasteiger partial charge on any atom is -0.385 e. The number of rotatable bonds is 7. The standard InChI is InChI=1S/C13H15F3N2O2/c1-20-6-2-5-18-11-7-9(8-19)3-4-10(11)12(17)13(14,15)16/h3-4,7-8,17-18H,2,5-6H2,1H3. The number of halogens is 3. The van der Waals surface area contributed by atoms with Gasteiger partial charge in [-0.2, -0.15) is 13.2 Å². The number of hydrogen-bond acceptors (Lipinski definition) is 4. The highest BCUT2D eigenvalue weighted by Gasteiger charge is 2.36. The Balaban J connectivity index is 2.98. The van der Waals surface area contributed by atoms with Crippen molar-refractivity contribution in [1.29, 1.82) is 5.41 Å². The predicted octanol–water partition coefficient (Wildman–Crippen LogP) is 2.88. The summed E-state index contributed by atoms with van der Waals surface area (Å²) in [6, 6.07) is 3.68. The van der Waals surface area contributed by atoms with Gasteiger partial charge in [-0.3, -0.25) is 10.2 Å². The van der Waals surface area contributed by atoms with Crippen molar-refractivity contribution in [1.82, 2.24) is 0 Å². The zero-order valence-corrected chi connectivity index (χ0v) is 10.9. The Kier molecular flexibility index (Phi) is 5.69. The topological polar surface area (TPSA) is 62.2 Å². The quantitative estimate of drug-likeness (QED) is 0.461. The fourth-order valence-electron chi connectivity index (χ4n) is 1.59. The first-order valence-electron chi connectivity index (χ1n) is 5.88. The molecule has 0 heterocycles. The molecule has 4 nitrogen and oxygen atoms in total. The van der Waals surface area contributed by atoms with Crippen molar-refractivity contribution in [3.63, 3.8) is 0 Å². The first kappa shape index (κ1) is 16.2. The van der Waals surface area contributed by atoms with Crippen LogP contribution in [0.5, 0.6) is 0 Å². The van der Waals surface area contributed by atoms with Crippen LogP contribution in [0.15, 0.2) is 18.2 Å². The normalized spacial score (nSPS) is 11.2. The Morgan fingerprint density at radius 2 is 2.15 bits per heavy atom. The molecule has 2 N–H and O–H groups in total. The van der Waals surface area contributed by atoms with E-state index >= 15 is 0 Å². The molecule has 0 saturated carbocycles. The minimum atomic E-state index is -4.73. The van der Waals surface area contributed by atoms with E-state index in [1.54, 1.807) is 0 Å². The predicted molar refractivity (Wildman–Crippen MR) is 69.7 cm³/mol. The third-order valence-corrected chi connectivity index (χ3v) is 2.57. The molecule has 0 aliphatic heterocycles. The molecule has 110 valence electrons. The van der Waals surface area contributed by atoms with Gasteiger partial charge in [0.15, 0.2) is 0 Å². The van der Waals surface area contributed by atoms with E-state index in [-0.39, 0.29) is 16.8 Å². The van der Waals surface area contributed by atoms with Gasteiger partial charge in [-0.15, -0.1) is 0 Å². The van der Waals surface area contributed by atoms with Gasteiger partial charge in [-0.1, -0.05) is 12.1 Å². The fraction of sp³-hybridized carbons (Fsp3) is 0.385. The first-order chi connectivity index (χ1) is 9.40. The summed E-state index contributed by atoms with van der Waals surface area (Å²) in [6.45, 7) is 0.848. The lowest BCUT2D eigenvalue weighted by molar-refractivity contribution is -0.0587. The summed E-state index contributed by atoms with van der Waals surface area (Å²) in [7, 11) is 1.53. The second kappa shape index (κ2) is 7.04. The maximum Gasteiger partial charge on any atom is 0.433 e. The lowest BCUT2D eigenvalue weighted by Crippen LogP contribution is -2.24. The van der Waals surface area contributed by atoms with Gasteiger partial charge < -0.3 is 10.1 Å². The first-order valence-corrected chi connectivity index (χ1v) is 5.88. The van der Waals surface area contributed by atoms with Crippen molar-refractivity contribution in [2.45, 2.75) is 12.6 Å². The number of anilines is 1. The van der Waals surface area contributed by atoms with Crippen molar-refractivity contribution in [2.75, 3.05) is 25.6 Å². The second-order valence-corrected chi connectivity index (χ2v) is 4.07. The Labute approximate surface area is 114 Å². The summed E-state index contributed by atoms with van der Waals surface area (Å²) >= 11 is 0. The minimum absolute atomic E-state index is 0.119. The maximum absolute atomic E-state index is 12.6. The Hall–Kier alpha value is -1.89. The molecule has 1 aromatic carbocycles. The molecule has 0 radical (unpaired) electrons. The number of methoxy groups -OCH3 is 1. The van der Waals surface area contributed by atoms with Crippen LogP contribution in [0, 0.1) is 5.41 Å². The van der Waals surface area contributed by atoms with E-state index in [9.17, 15) is 18.0 Å². The molecule has 0 spiro atoms. The highest BCUT2D eigenvalue weighted by Crippen LogP contribution is 2.27. The van der Waals surface area contributed by atoms with Crippen molar-refractivity contribution in [3.8, 4) is 0 Å². The molecule has 0 saturated heterocycles. The Morgan fingerprint density at radius 1 is 1.45 bits per heavy atom. The van der Waals surface area contributed by atoms with E-state index in [0.717, 1.165) is 6.07 Å². The smallest absolute Gasteiger partial charge is 0.385 e. The molecule has 0 atom stereocenters. The van der Waals surface area contributed by atoms with E-state index in [4.69, 9.17) is 10.1 Å².